The first kappa shape index (κ1) is 12.0. The number of hydrogen-bond acceptors (Lipinski definition) is 4. The van der Waals surface area contributed by atoms with E-state index in [1.807, 2.05) is 6.07 Å². The summed E-state index contributed by atoms with van der Waals surface area (Å²) >= 11 is 0. The van der Waals surface area contributed by atoms with Crippen molar-refractivity contribution in [3.05, 3.63) is 42.2 Å². The highest BCUT2D eigenvalue weighted by molar-refractivity contribution is 5.91. The number of pyridine rings is 2. The molecule has 5 nitrogen and oxygen atoms in total. The molecule has 0 saturated carbocycles. The zero-order valence-electron chi connectivity index (χ0n) is 9.83. The summed E-state index contributed by atoms with van der Waals surface area (Å²) < 4.78 is 5.23. The molecule has 0 aliphatic heterocycles. The second kappa shape index (κ2) is 5.27. The van der Waals surface area contributed by atoms with Gasteiger partial charge >= 0.3 is 5.97 Å². The lowest BCUT2D eigenvalue weighted by molar-refractivity contribution is 0.0692. The molecule has 2 heterocycles. The second-order valence-corrected chi connectivity index (χ2v) is 3.52. The Morgan fingerprint density at radius 1 is 1.33 bits per heavy atom. The highest BCUT2D eigenvalue weighted by Crippen LogP contribution is 2.23. The lowest BCUT2D eigenvalue weighted by atomic mass is 10.1. The Labute approximate surface area is 104 Å². The zero-order chi connectivity index (χ0) is 13.0. The van der Waals surface area contributed by atoms with Gasteiger partial charge in [0.15, 0.2) is 5.75 Å². The van der Waals surface area contributed by atoms with Crippen molar-refractivity contribution in [1.29, 1.82) is 0 Å². The average Bonchev–Trinajstić information content (AvgIpc) is 2.40. The van der Waals surface area contributed by atoms with Crippen molar-refractivity contribution in [1.82, 2.24) is 9.97 Å². The van der Waals surface area contributed by atoms with Gasteiger partial charge in [-0.2, -0.15) is 0 Å². The number of carboxylic acid groups (broad SMARTS) is 1. The number of ether oxygens (including phenoxy) is 1. The first-order chi connectivity index (χ1) is 8.72. The fraction of sp³-hybridized carbons (Fsp3) is 0.154. The largest absolute Gasteiger partial charge is 0.491 e. The van der Waals surface area contributed by atoms with Crippen molar-refractivity contribution < 1.29 is 14.6 Å². The standard InChI is InChI=1S/C13H12N2O3/c1-2-18-12-8-15-11(7-9(12)13(16)17)10-5-3-4-6-14-10/h3-8H,2H2,1H3,(H,16,17). The van der Waals surface area contributed by atoms with E-state index in [0.717, 1.165) is 0 Å². The Hall–Kier alpha value is -2.43. The molecular weight excluding hydrogens is 232 g/mol. The lowest BCUT2D eigenvalue weighted by Crippen LogP contribution is -2.04. The van der Waals surface area contributed by atoms with Crippen LogP contribution in [-0.4, -0.2) is 27.7 Å². The average molecular weight is 244 g/mol. The van der Waals surface area contributed by atoms with Gasteiger partial charge in [0, 0.05) is 6.20 Å². The Kier molecular flexibility index (Phi) is 3.52. The molecule has 0 aliphatic rings. The molecule has 2 rings (SSSR count). The van der Waals surface area contributed by atoms with E-state index in [0.29, 0.717) is 18.0 Å². The minimum absolute atomic E-state index is 0.0903. The fourth-order valence-corrected chi connectivity index (χ4v) is 1.53. The molecule has 0 fully saturated rings. The predicted octanol–water partition coefficient (Wildman–Crippen LogP) is 2.24. The maximum atomic E-state index is 11.2. The Morgan fingerprint density at radius 2 is 2.17 bits per heavy atom. The summed E-state index contributed by atoms with van der Waals surface area (Å²) in [6.45, 7) is 2.18. The van der Waals surface area contributed by atoms with E-state index >= 15 is 0 Å². The maximum absolute atomic E-state index is 11.2. The van der Waals surface area contributed by atoms with Crippen molar-refractivity contribution in [3.63, 3.8) is 0 Å². The zero-order valence-corrected chi connectivity index (χ0v) is 9.83. The van der Waals surface area contributed by atoms with Crippen LogP contribution < -0.4 is 4.74 Å². The smallest absolute Gasteiger partial charge is 0.339 e. The van der Waals surface area contributed by atoms with E-state index < -0.39 is 5.97 Å². The summed E-state index contributed by atoms with van der Waals surface area (Å²) in [6.07, 6.45) is 3.05. The van der Waals surface area contributed by atoms with Gasteiger partial charge in [0.1, 0.15) is 5.56 Å². The third kappa shape index (κ3) is 2.45. The summed E-state index contributed by atoms with van der Waals surface area (Å²) in [5.74, 6) is -0.775. The van der Waals surface area contributed by atoms with Gasteiger partial charge in [-0.1, -0.05) is 6.07 Å². The molecule has 0 aromatic carbocycles. The van der Waals surface area contributed by atoms with E-state index in [1.165, 1.54) is 12.3 Å². The van der Waals surface area contributed by atoms with Crippen LogP contribution in [0.2, 0.25) is 0 Å². The Bertz CT molecular complexity index is 555. The Balaban J connectivity index is 2.46. The molecule has 1 N–H and O–H groups in total. The number of carboxylic acids is 1. The summed E-state index contributed by atoms with van der Waals surface area (Å²) in [5, 5.41) is 9.14. The topological polar surface area (TPSA) is 72.3 Å². The van der Waals surface area contributed by atoms with E-state index in [1.54, 1.807) is 25.3 Å². The second-order valence-electron chi connectivity index (χ2n) is 3.52. The van der Waals surface area contributed by atoms with E-state index in [4.69, 9.17) is 9.84 Å². The van der Waals surface area contributed by atoms with Crippen molar-refractivity contribution in [2.24, 2.45) is 0 Å². The third-order valence-electron chi connectivity index (χ3n) is 2.32. The number of carbonyl (C=O) groups is 1. The minimum Gasteiger partial charge on any atom is -0.491 e. The van der Waals surface area contributed by atoms with Gasteiger partial charge in [0.05, 0.1) is 24.2 Å². The highest BCUT2D eigenvalue weighted by atomic mass is 16.5. The van der Waals surface area contributed by atoms with Gasteiger partial charge in [-0.3, -0.25) is 9.97 Å². The number of aromatic nitrogens is 2. The summed E-state index contributed by atoms with van der Waals surface area (Å²) in [6, 6.07) is 6.85. The number of aromatic carboxylic acids is 1. The predicted molar refractivity (Wildman–Crippen MR) is 65.6 cm³/mol. The van der Waals surface area contributed by atoms with Crippen LogP contribution in [0.4, 0.5) is 0 Å². The fourth-order valence-electron chi connectivity index (χ4n) is 1.53. The highest BCUT2D eigenvalue weighted by Gasteiger charge is 2.14. The SMILES string of the molecule is CCOc1cnc(-c2ccccn2)cc1C(=O)O. The van der Waals surface area contributed by atoms with Crippen molar-refractivity contribution in [2.45, 2.75) is 6.92 Å². The van der Waals surface area contributed by atoms with E-state index in [-0.39, 0.29) is 11.3 Å². The van der Waals surface area contributed by atoms with Gasteiger partial charge < -0.3 is 9.84 Å². The minimum atomic E-state index is -1.04. The monoisotopic (exact) mass is 244 g/mol. The number of nitrogens with zero attached hydrogens (tertiary/aromatic N) is 2. The molecule has 5 heteroatoms. The molecule has 0 amide bonds. The van der Waals surface area contributed by atoms with Gasteiger partial charge in [-0.25, -0.2) is 4.79 Å². The van der Waals surface area contributed by atoms with Gasteiger partial charge in [-0.05, 0) is 25.1 Å². The molecule has 0 spiro atoms. The van der Waals surface area contributed by atoms with Crippen molar-refractivity contribution in [3.8, 4) is 17.1 Å². The maximum Gasteiger partial charge on any atom is 0.339 e. The van der Waals surface area contributed by atoms with Crippen LogP contribution in [-0.2, 0) is 0 Å². The van der Waals surface area contributed by atoms with Crippen LogP contribution in [0.25, 0.3) is 11.4 Å². The van der Waals surface area contributed by atoms with Gasteiger partial charge in [0.25, 0.3) is 0 Å². The van der Waals surface area contributed by atoms with Crippen LogP contribution >= 0.6 is 0 Å². The van der Waals surface area contributed by atoms with Crippen LogP contribution in [0.3, 0.4) is 0 Å². The number of rotatable bonds is 4. The Morgan fingerprint density at radius 3 is 2.78 bits per heavy atom. The molecule has 0 unspecified atom stereocenters. The molecule has 0 aliphatic carbocycles. The van der Waals surface area contributed by atoms with Crippen LogP contribution in [0.5, 0.6) is 5.75 Å². The molecule has 2 aromatic heterocycles. The molecule has 2 aromatic rings. The quantitative estimate of drug-likeness (QED) is 0.892. The number of hydrogen-bond donors (Lipinski definition) is 1. The summed E-state index contributed by atoms with van der Waals surface area (Å²) in [7, 11) is 0. The molecule has 0 bridgehead atoms. The molecule has 0 atom stereocenters. The van der Waals surface area contributed by atoms with Crippen molar-refractivity contribution in [2.75, 3.05) is 6.61 Å². The van der Waals surface area contributed by atoms with Crippen LogP contribution in [0.1, 0.15) is 17.3 Å². The summed E-state index contributed by atoms with van der Waals surface area (Å²) in [5.41, 5.74) is 1.23. The first-order valence-corrected chi connectivity index (χ1v) is 5.50. The molecule has 0 saturated heterocycles. The molecule has 92 valence electrons. The van der Waals surface area contributed by atoms with Gasteiger partial charge in [-0.15, -0.1) is 0 Å². The van der Waals surface area contributed by atoms with Crippen LogP contribution in [0.15, 0.2) is 36.7 Å². The van der Waals surface area contributed by atoms with E-state index in [9.17, 15) is 4.79 Å². The van der Waals surface area contributed by atoms with Crippen molar-refractivity contribution >= 4 is 5.97 Å². The lowest BCUT2D eigenvalue weighted by Gasteiger charge is -2.08. The third-order valence-corrected chi connectivity index (χ3v) is 2.32. The summed E-state index contributed by atoms with van der Waals surface area (Å²) in [4.78, 5) is 19.4. The molecular formula is C13H12N2O3. The first-order valence-electron chi connectivity index (χ1n) is 5.50. The van der Waals surface area contributed by atoms with E-state index in [2.05, 4.69) is 9.97 Å². The molecule has 0 radical (unpaired) electrons. The van der Waals surface area contributed by atoms with Gasteiger partial charge in [0.2, 0.25) is 0 Å². The van der Waals surface area contributed by atoms with Crippen LogP contribution in [0, 0.1) is 0 Å². The molecule has 18 heavy (non-hydrogen) atoms. The normalized spacial score (nSPS) is 10.1.